The highest BCUT2D eigenvalue weighted by atomic mass is 16.4. The smallest absolute Gasteiger partial charge is 0.323 e. The molecule has 0 aliphatic heterocycles. The van der Waals surface area contributed by atoms with Crippen molar-refractivity contribution in [3.63, 3.8) is 0 Å². The number of carboxylic acids is 2. The second kappa shape index (κ2) is 8.75. The van der Waals surface area contributed by atoms with Crippen LogP contribution in [0.1, 0.15) is 12.0 Å². The Labute approximate surface area is 137 Å². The van der Waals surface area contributed by atoms with E-state index in [1.54, 1.807) is 30.3 Å². The fraction of sp³-hybridized carbons (Fsp3) is 0.333. The third-order valence-electron chi connectivity index (χ3n) is 3.15. The van der Waals surface area contributed by atoms with E-state index >= 15 is 0 Å². The van der Waals surface area contributed by atoms with Crippen molar-refractivity contribution in [2.45, 2.75) is 24.9 Å². The minimum Gasteiger partial charge on any atom is -0.481 e. The number of carbonyl (C=O) groups excluding carboxylic acids is 2. The maximum absolute atomic E-state index is 12.3. The van der Waals surface area contributed by atoms with Crippen molar-refractivity contribution in [2.75, 3.05) is 6.54 Å². The second-order valence-corrected chi connectivity index (χ2v) is 5.16. The lowest BCUT2D eigenvalue weighted by atomic mass is 10.0. The van der Waals surface area contributed by atoms with Gasteiger partial charge in [-0.05, 0) is 12.0 Å². The molecule has 0 saturated heterocycles. The number of amides is 2. The quantitative estimate of drug-likeness (QED) is 0.459. The van der Waals surface area contributed by atoms with Gasteiger partial charge in [0.1, 0.15) is 6.54 Å². The first kappa shape index (κ1) is 19.3. The molecule has 9 nitrogen and oxygen atoms in total. The van der Waals surface area contributed by atoms with E-state index in [0.717, 1.165) is 5.56 Å². The van der Waals surface area contributed by atoms with Crippen LogP contribution in [0.2, 0.25) is 0 Å². The monoisotopic (exact) mass is 337 g/mol. The summed E-state index contributed by atoms with van der Waals surface area (Å²) in [6, 6.07) is 6.04. The molecule has 2 unspecified atom stereocenters. The average Bonchev–Trinajstić information content (AvgIpc) is 2.51. The first-order valence-corrected chi connectivity index (χ1v) is 7.06. The van der Waals surface area contributed by atoms with Crippen molar-refractivity contribution in [2.24, 2.45) is 11.5 Å². The van der Waals surface area contributed by atoms with E-state index in [2.05, 4.69) is 0 Å². The van der Waals surface area contributed by atoms with Gasteiger partial charge in [-0.1, -0.05) is 30.3 Å². The van der Waals surface area contributed by atoms with E-state index in [1.165, 1.54) is 0 Å². The zero-order chi connectivity index (χ0) is 18.3. The van der Waals surface area contributed by atoms with E-state index in [-0.39, 0.29) is 6.42 Å². The Kier molecular flexibility index (Phi) is 7.02. The molecule has 130 valence electrons. The van der Waals surface area contributed by atoms with Gasteiger partial charge in [-0.3, -0.25) is 24.1 Å². The van der Waals surface area contributed by atoms with Gasteiger partial charge >= 0.3 is 11.9 Å². The lowest BCUT2D eigenvalue weighted by molar-refractivity contribution is -0.154. The highest BCUT2D eigenvalue weighted by molar-refractivity contribution is 6.03. The number of carbonyl (C=O) groups is 4. The predicted molar refractivity (Wildman–Crippen MR) is 82.7 cm³/mol. The molecular formula is C15H19N3O6. The molecule has 0 aromatic heterocycles. The SMILES string of the molecule is NC(CC(=O)O)C(=O)N(CC(=O)O)C(=O)C(N)Cc1ccccc1. The van der Waals surface area contributed by atoms with Gasteiger partial charge in [0.05, 0.1) is 18.5 Å². The van der Waals surface area contributed by atoms with Crippen molar-refractivity contribution < 1.29 is 29.4 Å². The molecule has 1 aromatic carbocycles. The molecule has 1 aromatic rings. The van der Waals surface area contributed by atoms with E-state index in [1.807, 2.05) is 0 Å². The van der Waals surface area contributed by atoms with Crippen molar-refractivity contribution in [1.82, 2.24) is 4.90 Å². The van der Waals surface area contributed by atoms with Gasteiger partial charge in [0.25, 0.3) is 0 Å². The van der Waals surface area contributed by atoms with Gasteiger partial charge in [0.2, 0.25) is 11.8 Å². The van der Waals surface area contributed by atoms with Gasteiger partial charge < -0.3 is 21.7 Å². The van der Waals surface area contributed by atoms with Crippen molar-refractivity contribution >= 4 is 23.8 Å². The van der Waals surface area contributed by atoms with Crippen molar-refractivity contribution in [3.8, 4) is 0 Å². The summed E-state index contributed by atoms with van der Waals surface area (Å²) in [5, 5.41) is 17.5. The molecule has 2 atom stereocenters. The van der Waals surface area contributed by atoms with Crippen LogP contribution in [-0.2, 0) is 25.6 Å². The highest BCUT2D eigenvalue weighted by Gasteiger charge is 2.32. The van der Waals surface area contributed by atoms with Gasteiger partial charge in [0, 0.05) is 0 Å². The second-order valence-electron chi connectivity index (χ2n) is 5.16. The molecule has 6 N–H and O–H groups in total. The Morgan fingerprint density at radius 2 is 1.46 bits per heavy atom. The Balaban J connectivity index is 2.89. The highest BCUT2D eigenvalue weighted by Crippen LogP contribution is 2.07. The Bertz CT molecular complexity index is 619. The molecular weight excluding hydrogens is 318 g/mol. The summed E-state index contributed by atoms with van der Waals surface area (Å²) < 4.78 is 0. The Hall–Kier alpha value is -2.78. The zero-order valence-electron chi connectivity index (χ0n) is 12.8. The number of nitrogens with zero attached hydrogens (tertiary/aromatic N) is 1. The molecule has 0 radical (unpaired) electrons. The molecule has 9 heteroatoms. The zero-order valence-corrected chi connectivity index (χ0v) is 12.8. The third-order valence-corrected chi connectivity index (χ3v) is 3.15. The average molecular weight is 337 g/mol. The molecule has 0 bridgehead atoms. The molecule has 0 aliphatic rings. The minimum absolute atomic E-state index is 0.0945. The standard InChI is InChI=1S/C15H19N3O6/c16-10(6-9-4-2-1-3-5-9)14(23)18(8-13(21)22)15(24)11(17)7-12(19)20/h1-5,10-11H,6-8,16-17H2,(H,19,20)(H,21,22). The molecule has 1 rings (SSSR count). The number of hydrogen-bond acceptors (Lipinski definition) is 6. The van der Waals surface area contributed by atoms with Crippen LogP contribution < -0.4 is 11.5 Å². The van der Waals surface area contributed by atoms with Crippen LogP contribution in [-0.4, -0.2) is 57.5 Å². The summed E-state index contributed by atoms with van der Waals surface area (Å²) in [6.07, 6.45) is -0.632. The van der Waals surface area contributed by atoms with Gasteiger partial charge in [0.15, 0.2) is 0 Å². The number of rotatable bonds is 8. The first-order valence-electron chi connectivity index (χ1n) is 7.06. The fourth-order valence-electron chi connectivity index (χ4n) is 2.03. The minimum atomic E-state index is -1.53. The predicted octanol–water partition coefficient (Wildman–Crippen LogP) is -1.20. The maximum Gasteiger partial charge on any atom is 0.323 e. The van der Waals surface area contributed by atoms with Crippen LogP contribution in [0.25, 0.3) is 0 Å². The topological polar surface area (TPSA) is 164 Å². The molecule has 2 amide bonds. The van der Waals surface area contributed by atoms with Crippen molar-refractivity contribution in [3.05, 3.63) is 35.9 Å². The summed E-state index contributed by atoms with van der Waals surface area (Å²) in [5.41, 5.74) is 11.9. The molecule has 0 spiro atoms. The number of nitrogens with two attached hydrogens (primary N) is 2. The van der Waals surface area contributed by atoms with Crippen LogP contribution >= 0.6 is 0 Å². The summed E-state index contributed by atoms with van der Waals surface area (Å²) >= 11 is 0. The fourth-order valence-corrected chi connectivity index (χ4v) is 2.03. The maximum atomic E-state index is 12.3. The normalized spacial score (nSPS) is 12.9. The number of hydrogen-bond donors (Lipinski definition) is 4. The number of imide groups is 1. The number of carboxylic acid groups (broad SMARTS) is 2. The van der Waals surface area contributed by atoms with Crippen LogP contribution in [0, 0.1) is 0 Å². The van der Waals surface area contributed by atoms with E-state index in [9.17, 15) is 19.2 Å². The molecule has 0 aliphatic carbocycles. The summed E-state index contributed by atoms with van der Waals surface area (Å²) in [7, 11) is 0. The summed E-state index contributed by atoms with van der Waals surface area (Å²) in [4.78, 5) is 46.4. The van der Waals surface area contributed by atoms with E-state index in [0.29, 0.717) is 4.90 Å². The molecule has 0 saturated carbocycles. The molecule has 0 heterocycles. The van der Waals surface area contributed by atoms with Crippen LogP contribution in [0.4, 0.5) is 0 Å². The van der Waals surface area contributed by atoms with Crippen LogP contribution in [0.5, 0.6) is 0 Å². The van der Waals surface area contributed by atoms with Gasteiger partial charge in [-0.25, -0.2) is 0 Å². The summed E-state index contributed by atoms with van der Waals surface area (Å²) in [5.74, 6) is -4.79. The molecule has 24 heavy (non-hydrogen) atoms. The lowest BCUT2D eigenvalue weighted by Crippen LogP contribution is -2.54. The number of aliphatic carboxylic acids is 2. The van der Waals surface area contributed by atoms with Crippen molar-refractivity contribution in [1.29, 1.82) is 0 Å². The Morgan fingerprint density at radius 3 is 1.96 bits per heavy atom. The Morgan fingerprint density at radius 1 is 0.917 bits per heavy atom. The van der Waals surface area contributed by atoms with Gasteiger partial charge in [-0.15, -0.1) is 0 Å². The number of benzene rings is 1. The summed E-state index contributed by atoms with van der Waals surface area (Å²) in [6.45, 7) is -0.937. The first-order chi connectivity index (χ1) is 11.2. The molecule has 0 fully saturated rings. The van der Waals surface area contributed by atoms with E-state index in [4.69, 9.17) is 21.7 Å². The third kappa shape index (κ3) is 5.78. The largest absolute Gasteiger partial charge is 0.481 e. The van der Waals surface area contributed by atoms with Gasteiger partial charge in [-0.2, -0.15) is 0 Å². The van der Waals surface area contributed by atoms with E-state index < -0.39 is 48.8 Å². The van der Waals surface area contributed by atoms with Crippen LogP contribution in [0.3, 0.4) is 0 Å². The lowest BCUT2D eigenvalue weighted by Gasteiger charge is -2.24. The van der Waals surface area contributed by atoms with Crippen LogP contribution in [0.15, 0.2) is 30.3 Å².